The molecule has 0 saturated heterocycles. The number of methoxy groups -OCH3 is 1. The van der Waals surface area contributed by atoms with Gasteiger partial charge in [0.05, 0.1) is 17.7 Å². The Morgan fingerprint density at radius 1 is 1.33 bits per heavy atom. The topological polar surface area (TPSA) is 111 Å². The lowest BCUT2D eigenvalue weighted by atomic mass is 10.1. The van der Waals surface area contributed by atoms with Crippen molar-refractivity contribution in [1.82, 2.24) is 5.43 Å². The molecule has 0 radical (unpaired) electrons. The number of benzene rings is 1. The van der Waals surface area contributed by atoms with Crippen LogP contribution in [-0.2, 0) is 14.8 Å². The number of sulfonamides is 1. The van der Waals surface area contributed by atoms with E-state index in [1.807, 2.05) is 0 Å². The molecule has 0 bridgehead atoms. The van der Waals surface area contributed by atoms with Crippen LogP contribution in [0.2, 0.25) is 0 Å². The fourth-order valence-electron chi connectivity index (χ4n) is 1.13. The molecule has 0 aliphatic carbocycles. The number of ether oxygens (including phenoxy) is 1. The molecule has 0 atom stereocenters. The predicted octanol–water partition coefficient (Wildman–Crippen LogP) is 0.414. The van der Waals surface area contributed by atoms with E-state index in [-0.39, 0.29) is 4.90 Å². The van der Waals surface area contributed by atoms with E-state index in [1.165, 1.54) is 31.4 Å². The van der Waals surface area contributed by atoms with Crippen LogP contribution in [-0.4, -0.2) is 27.3 Å². The quantitative estimate of drug-likeness (QED) is 0.612. The molecular weight excluding hydrogens is 258 g/mol. The third-order valence-corrected chi connectivity index (χ3v) is 3.03. The van der Waals surface area contributed by atoms with Crippen molar-refractivity contribution in [3.8, 4) is 0 Å². The van der Waals surface area contributed by atoms with Crippen molar-refractivity contribution in [2.45, 2.75) is 11.8 Å². The van der Waals surface area contributed by atoms with E-state index in [2.05, 4.69) is 15.3 Å². The minimum absolute atomic E-state index is 0.0139. The number of rotatable bonds is 3. The largest absolute Gasteiger partial charge is 0.452 e. The van der Waals surface area contributed by atoms with Crippen molar-refractivity contribution in [3.63, 3.8) is 0 Å². The predicted molar refractivity (Wildman–Crippen MR) is 65.6 cm³/mol. The summed E-state index contributed by atoms with van der Waals surface area (Å²) in [5.41, 5.74) is 3.31. The lowest BCUT2D eigenvalue weighted by Gasteiger charge is -2.03. The second-order valence-electron chi connectivity index (χ2n) is 3.37. The Balaban J connectivity index is 2.89. The molecule has 0 aromatic heterocycles. The number of carbonyl (C=O) groups excluding carboxylic acids is 1. The molecule has 0 aliphatic rings. The van der Waals surface area contributed by atoms with Gasteiger partial charge in [-0.1, -0.05) is 12.1 Å². The van der Waals surface area contributed by atoms with E-state index in [0.29, 0.717) is 11.3 Å². The first-order valence-electron chi connectivity index (χ1n) is 4.86. The lowest BCUT2D eigenvalue weighted by Crippen LogP contribution is -2.18. The van der Waals surface area contributed by atoms with Crippen LogP contribution in [0.15, 0.2) is 34.3 Å². The van der Waals surface area contributed by atoms with Crippen molar-refractivity contribution < 1.29 is 17.9 Å². The van der Waals surface area contributed by atoms with Crippen LogP contribution in [0.3, 0.4) is 0 Å². The van der Waals surface area contributed by atoms with Crippen LogP contribution in [0.5, 0.6) is 0 Å². The maximum Gasteiger partial charge on any atom is 0.427 e. The third kappa shape index (κ3) is 3.82. The highest BCUT2D eigenvalue weighted by Crippen LogP contribution is 2.09. The summed E-state index contributed by atoms with van der Waals surface area (Å²) >= 11 is 0. The van der Waals surface area contributed by atoms with E-state index in [4.69, 9.17) is 5.14 Å². The molecule has 7 nitrogen and oxygen atoms in total. The second-order valence-corrected chi connectivity index (χ2v) is 4.93. The first-order chi connectivity index (χ1) is 8.34. The standard InChI is InChI=1S/C10H13N3O4S/c1-7(12-13-10(14)17-2)8-3-5-9(6-4-8)18(11,15)16/h3-6H,1-2H3,(H,13,14)(H2,11,15,16)/b12-7-. The van der Waals surface area contributed by atoms with E-state index in [9.17, 15) is 13.2 Å². The number of hydrazone groups is 1. The van der Waals surface area contributed by atoms with Gasteiger partial charge in [-0.15, -0.1) is 0 Å². The molecule has 3 N–H and O–H groups in total. The maximum absolute atomic E-state index is 11.0. The SMILES string of the molecule is COC(=O)N/N=C(/C)c1ccc(S(N)(=O)=O)cc1. The molecule has 18 heavy (non-hydrogen) atoms. The molecule has 0 spiro atoms. The number of nitrogens with one attached hydrogen (secondary N) is 1. The first-order valence-corrected chi connectivity index (χ1v) is 6.40. The molecule has 8 heteroatoms. The van der Waals surface area contributed by atoms with Gasteiger partial charge in [-0.05, 0) is 24.6 Å². The zero-order chi connectivity index (χ0) is 13.8. The van der Waals surface area contributed by atoms with Crippen LogP contribution >= 0.6 is 0 Å². The molecule has 1 aromatic rings. The first kappa shape index (κ1) is 14.1. The molecule has 0 heterocycles. The fraction of sp³-hybridized carbons (Fsp3) is 0.200. The number of primary sulfonamides is 1. The van der Waals surface area contributed by atoms with E-state index in [1.54, 1.807) is 6.92 Å². The van der Waals surface area contributed by atoms with Gasteiger partial charge in [0.25, 0.3) is 0 Å². The number of amides is 1. The van der Waals surface area contributed by atoms with Gasteiger partial charge in [-0.3, -0.25) is 0 Å². The van der Waals surface area contributed by atoms with Crippen molar-refractivity contribution in [1.29, 1.82) is 0 Å². The molecular formula is C10H13N3O4S. The van der Waals surface area contributed by atoms with Crippen molar-refractivity contribution in [2.24, 2.45) is 10.2 Å². The van der Waals surface area contributed by atoms with Gasteiger partial charge in [-0.2, -0.15) is 5.10 Å². The second kappa shape index (κ2) is 5.61. The zero-order valence-corrected chi connectivity index (χ0v) is 10.7. The van der Waals surface area contributed by atoms with Crippen LogP contribution in [0.4, 0.5) is 4.79 Å². The highest BCUT2D eigenvalue weighted by molar-refractivity contribution is 7.89. The zero-order valence-electron chi connectivity index (χ0n) is 9.88. The summed E-state index contributed by atoms with van der Waals surface area (Å²) in [5, 5.41) is 8.74. The number of hydrogen-bond donors (Lipinski definition) is 2. The van der Waals surface area contributed by atoms with Crippen molar-refractivity contribution in [2.75, 3.05) is 7.11 Å². The van der Waals surface area contributed by atoms with Gasteiger partial charge in [0, 0.05) is 0 Å². The average molecular weight is 271 g/mol. The van der Waals surface area contributed by atoms with Gasteiger partial charge in [0.2, 0.25) is 10.0 Å². The Morgan fingerprint density at radius 2 is 1.89 bits per heavy atom. The van der Waals surface area contributed by atoms with Gasteiger partial charge >= 0.3 is 6.09 Å². The number of hydrogen-bond acceptors (Lipinski definition) is 5. The van der Waals surface area contributed by atoms with Crippen LogP contribution in [0.25, 0.3) is 0 Å². The Labute approximate surface area is 105 Å². The normalized spacial score (nSPS) is 12.1. The van der Waals surface area contributed by atoms with Crippen molar-refractivity contribution in [3.05, 3.63) is 29.8 Å². The summed E-state index contributed by atoms with van der Waals surface area (Å²) in [4.78, 5) is 10.8. The number of nitrogens with two attached hydrogens (primary N) is 1. The lowest BCUT2D eigenvalue weighted by molar-refractivity contribution is 0.171. The smallest absolute Gasteiger partial charge is 0.427 e. The molecule has 0 unspecified atom stereocenters. The highest BCUT2D eigenvalue weighted by Gasteiger charge is 2.07. The minimum atomic E-state index is -3.70. The number of carbonyl (C=O) groups is 1. The third-order valence-electron chi connectivity index (χ3n) is 2.10. The Morgan fingerprint density at radius 3 is 2.33 bits per heavy atom. The summed E-state index contributed by atoms with van der Waals surface area (Å²) in [6, 6.07) is 5.80. The molecule has 1 aromatic carbocycles. The average Bonchev–Trinajstić information content (AvgIpc) is 2.34. The summed E-state index contributed by atoms with van der Waals surface area (Å²) in [6.45, 7) is 1.65. The Bertz CT molecular complexity index is 563. The van der Waals surface area contributed by atoms with E-state index in [0.717, 1.165) is 0 Å². The maximum atomic E-state index is 11.0. The minimum Gasteiger partial charge on any atom is -0.452 e. The number of nitrogens with zero attached hydrogens (tertiary/aromatic N) is 1. The van der Waals surface area contributed by atoms with Crippen LogP contribution < -0.4 is 10.6 Å². The molecule has 0 saturated carbocycles. The van der Waals surface area contributed by atoms with Gasteiger partial charge < -0.3 is 4.74 Å². The summed E-state index contributed by atoms with van der Waals surface area (Å²) in [7, 11) is -2.48. The van der Waals surface area contributed by atoms with E-state index >= 15 is 0 Å². The van der Waals surface area contributed by atoms with Gasteiger partial charge in [0.1, 0.15) is 0 Å². The summed E-state index contributed by atoms with van der Waals surface area (Å²) in [5.74, 6) is 0. The fourth-order valence-corrected chi connectivity index (χ4v) is 1.64. The highest BCUT2D eigenvalue weighted by atomic mass is 32.2. The van der Waals surface area contributed by atoms with Gasteiger partial charge in [-0.25, -0.2) is 23.8 Å². The Hall–Kier alpha value is -1.93. The van der Waals surface area contributed by atoms with Crippen LogP contribution in [0.1, 0.15) is 12.5 Å². The monoisotopic (exact) mass is 271 g/mol. The van der Waals surface area contributed by atoms with Gasteiger partial charge in [0.15, 0.2) is 0 Å². The Kier molecular flexibility index (Phi) is 4.40. The molecule has 1 amide bonds. The van der Waals surface area contributed by atoms with Crippen LogP contribution in [0, 0.1) is 0 Å². The summed E-state index contributed by atoms with van der Waals surface area (Å²) in [6.07, 6.45) is -0.685. The molecule has 1 rings (SSSR count). The van der Waals surface area contributed by atoms with Crippen molar-refractivity contribution >= 4 is 21.8 Å². The van der Waals surface area contributed by atoms with E-state index < -0.39 is 16.1 Å². The molecule has 98 valence electrons. The molecule has 0 fully saturated rings. The summed E-state index contributed by atoms with van der Waals surface area (Å²) < 4.78 is 26.4. The molecule has 0 aliphatic heterocycles.